The first-order chi connectivity index (χ1) is 16.8. The predicted molar refractivity (Wildman–Crippen MR) is 139 cm³/mol. The molecule has 196 valence electrons. The maximum atomic E-state index is 12.6. The zero-order chi connectivity index (χ0) is 27.0. The van der Waals surface area contributed by atoms with Crippen LogP contribution in [-0.2, 0) is 21.2 Å². The largest absolute Gasteiger partial charge is 0.382 e. The van der Waals surface area contributed by atoms with Crippen LogP contribution in [0.4, 0.5) is 11.6 Å². The lowest BCUT2D eigenvalue weighted by Crippen LogP contribution is -2.43. The van der Waals surface area contributed by atoms with Gasteiger partial charge in [0.15, 0.2) is 28.4 Å². The van der Waals surface area contributed by atoms with E-state index in [4.69, 9.17) is 28.8 Å². The van der Waals surface area contributed by atoms with Crippen molar-refractivity contribution in [3.63, 3.8) is 0 Å². The first kappa shape index (κ1) is 28.9. The minimum absolute atomic E-state index is 0.0898. The summed E-state index contributed by atoms with van der Waals surface area (Å²) >= 11 is 5.77. The first-order valence-corrected chi connectivity index (χ1v) is 13.0. The molecule has 0 spiro atoms. The molecule has 1 aromatic heterocycles. The number of amides is 1. The third kappa shape index (κ3) is 8.14. The van der Waals surface area contributed by atoms with Crippen LogP contribution in [0.2, 0.25) is 5.15 Å². The molecule has 8 N–H and O–H groups in total. The van der Waals surface area contributed by atoms with Crippen LogP contribution in [0.3, 0.4) is 0 Å². The summed E-state index contributed by atoms with van der Waals surface area (Å²) < 4.78 is 27.7. The second kappa shape index (κ2) is 12.6. The predicted octanol–water partition coefficient (Wildman–Crippen LogP) is 1.25. The van der Waals surface area contributed by atoms with Crippen LogP contribution >= 0.6 is 11.6 Å². The fraction of sp³-hybridized carbons (Fsp3) is 0.409. The Morgan fingerprint density at radius 1 is 1.08 bits per heavy atom. The number of guanidine groups is 1. The standard InChI is InChI=1S/C22H31ClN8O4S/c1-12(2)16(13(3)32)31-36(34,35)15-9-7-14(8-10-15)6-4-5-11-27-22(26)30-21(33)17-19(24)29-20(25)18(23)28-17/h7-10,12,16,31H,4-6,11H2,1-3H3,(H4,24,25,29)(H3,26,27,30,33). The van der Waals surface area contributed by atoms with E-state index in [1.54, 1.807) is 26.0 Å². The Morgan fingerprint density at radius 2 is 1.72 bits per heavy atom. The van der Waals surface area contributed by atoms with Gasteiger partial charge in [-0.1, -0.05) is 37.6 Å². The van der Waals surface area contributed by atoms with Gasteiger partial charge >= 0.3 is 0 Å². The van der Waals surface area contributed by atoms with Gasteiger partial charge < -0.3 is 17.2 Å². The van der Waals surface area contributed by atoms with E-state index in [0.29, 0.717) is 19.4 Å². The highest BCUT2D eigenvalue weighted by atomic mass is 35.5. The summed E-state index contributed by atoms with van der Waals surface area (Å²) in [5.74, 6) is -1.49. The Bertz CT molecular complexity index is 1230. The molecular formula is C22H31ClN8O4S. The van der Waals surface area contributed by atoms with Crippen molar-refractivity contribution < 1.29 is 18.0 Å². The van der Waals surface area contributed by atoms with Crippen molar-refractivity contribution in [2.24, 2.45) is 16.6 Å². The first-order valence-electron chi connectivity index (χ1n) is 11.1. The number of aryl methyl sites for hydroxylation is 1. The fourth-order valence-corrected chi connectivity index (χ4v) is 4.75. The molecule has 0 aliphatic carbocycles. The summed E-state index contributed by atoms with van der Waals surface area (Å²) in [7, 11) is -3.81. The third-order valence-corrected chi connectivity index (χ3v) is 6.87. The zero-order valence-corrected chi connectivity index (χ0v) is 21.9. The lowest BCUT2D eigenvalue weighted by molar-refractivity contribution is -0.119. The van der Waals surface area contributed by atoms with E-state index in [-0.39, 0.29) is 45.0 Å². The minimum Gasteiger partial charge on any atom is -0.382 e. The molecule has 1 aromatic carbocycles. The molecule has 36 heavy (non-hydrogen) atoms. The normalized spacial score (nSPS) is 13.0. The van der Waals surface area contributed by atoms with Crippen molar-refractivity contribution in [3.05, 3.63) is 40.7 Å². The van der Waals surface area contributed by atoms with E-state index in [0.717, 1.165) is 12.0 Å². The summed E-state index contributed by atoms with van der Waals surface area (Å²) in [6, 6.07) is 5.71. The molecule has 0 saturated heterocycles. The maximum absolute atomic E-state index is 12.6. The Labute approximate surface area is 215 Å². The van der Waals surface area contributed by atoms with E-state index in [9.17, 15) is 18.0 Å². The van der Waals surface area contributed by atoms with Crippen LogP contribution in [-0.4, -0.2) is 48.6 Å². The van der Waals surface area contributed by atoms with Crippen molar-refractivity contribution >= 4 is 50.9 Å². The fourth-order valence-electron chi connectivity index (χ4n) is 3.22. The topological polar surface area (TPSA) is 209 Å². The minimum atomic E-state index is -3.81. The number of sulfonamides is 1. The van der Waals surface area contributed by atoms with Crippen LogP contribution in [0.15, 0.2) is 34.2 Å². The molecule has 14 heteroatoms. The molecule has 0 saturated carbocycles. The smallest absolute Gasteiger partial charge is 0.280 e. The number of halogens is 1. The molecule has 2 aromatic rings. The molecule has 1 amide bonds. The second-order valence-corrected chi connectivity index (χ2v) is 10.5. The van der Waals surface area contributed by atoms with Crippen molar-refractivity contribution in [2.75, 3.05) is 18.0 Å². The van der Waals surface area contributed by atoms with Crippen molar-refractivity contribution in [2.45, 2.75) is 51.0 Å². The number of aliphatic imine (C=N–C) groups is 1. The number of Topliss-reactive ketones (excluding diaryl/α,β-unsaturated/α-hetero) is 1. The van der Waals surface area contributed by atoms with Gasteiger partial charge in [-0.2, -0.15) is 0 Å². The number of ketones is 1. The van der Waals surface area contributed by atoms with E-state index in [1.807, 2.05) is 0 Å². The quantitative estimate of drug-likeness (QED) is 0.158. The number of nitrogen functional groups attached to an aromatic ring is 2. The molecule has 12 nitrogen and oxygen atoms in total. The van der Waals surface area contributed by atoms with Gasteiger partial charge in [0.25, 0.3) is 5.91 Å². The lowest BCUT2D eigenvalue weighted by Gasteiger charge is -2.19. The molecule has 1 unspecified atom stereocenters. The number of unbranched alkanes of at least 4 members (excludes halogenated alkanes) is 1. The van der Waals surface area contributed by atoms with Crippen molar-refractivity contribution in [1.29, 1.82) is 0 Å². The SMILES string of the molecule is CC(=O)C(NS(=O)(=O)c1ccc(CCCCN=C(N)NC(=O)c2nc(Cl)c(N)nc2N)cc1)C(C)C. The second-order valence-electron chi connectivity index (χ2n) is 8.41. The Kier molecular flexibility index (Phi) is 10.1. The molecule has 0 radical (unpaired) electrons. The van der Waals surface area contributed by atoms with Gasteiger partial charge in [0.2, 0.25) is 10.0 Å². The summed E-state index contributed by atoms with van der Waals surface area (Å²) in [6.45, 7) is 5.28. The number of benzene rings is 1. The Hall–Kier alpha value is -3.29. The number of nitrogens with one attached hydrogen (secondary N) is 2. The summed E-state index contributed by atoms with van der Waals surface area (Å²) in [6.07, 6.45) is 2.11. The van der Waals surface area contributed by atoms with E-state index in [1.165, 1.54) is 19.1 Å². The van der Waals surface area contributed by atoms with Crippen LogP contribution in [0.25, 0.3) is 0 Å². The number of aromatic nitrogens is 2. The number of rotatable bonds is 11. The molecule has 0 aliphatic heterocycles. The van der Waals surface area contributed by atoms with Crippen LogP contribution in [0, 0.1) is 5.92 Å². The van der Waals surface area contributed by atoms with Gasteiger partial charge in [0.1, 0.15) is 5.78 Å². The van der Waals surface area contributed by atoms with Crippen molar-refractivity contribution in [3.8, 4) is 0 Å². The number of hydrogen-bond acceptors (Lipinski definition) is 9. The zero-order valence-electron chi connectivity index (χ0n) is 20.3. The summed E-state index contributed by atoms with van der Waals surface area (Å²) in [5.41, 5.74) is 17.6. The van der Waals surface area contributed by atoms with Crippen LogP contribution < -0.4 is 27.2 Å². The number of carbonyl (C=O) groups excluding carboxylic acids is 2. The van der Waals surface area contributed by atoms with E-state index < -0.39 is 22.0 Å². The Morgan fingerprint density at radius 3 is 2.31 bits per heavy atom. The maximum Gasteiger partial charge on any atom is 0.280 e. The van der Waals surface area contributed by atoms with Crippen LogP contribution in [0.5, 0.6) is 0 Å². The van der Waals surface area contributed by atoms with Gasteiger partial charge in [0, 0.05) is 6.54 Å². The number of anilines is 2. The highest BCUT2D eigenvalue weighted by Crippen LogP contribution is 2.17. The average molecular weight is 539 g/mol. The lowest BCUT2D eigenvalue weighted by atomic mass is 10.0. The summed E-state index contributed by atoms with van der Waals surface area (Å²) in [4.78, 5) is 35.7. The molecule has 2 rings (SSSR count). The third-order valence-electron chi connectivity index (χ3n) is 5.14. The van der Waals surface area contributed by atoms with Gasteiger partial charge in [-0.3, -0.25) is 19.9 Å². The van der Waals surface area contributed by atoms with Gasteiger partial charge in [0.05, 0.1) is 10.9 Å². The van der Waals surface area contributed by atoms with Crippen LogP contribution in [0.1, 0.15) is 49.7 Å². The molecular weight excluding hydrogens is 508 g/mol. The van der Waals surface area contributed by atoms with E-state index >= 15 is 0 Å². The average Bonchev–Trinajstić information content (AvgIpc) is 2.79. The molecule has 1 heterocycles. The summed E-state index contributed by atoms with van der Waals surface area (Å²) in [5, 5.41) is 2.21. The highest BCUT2D eigenvalue weighted by Gasteiger charge is 2.25. The molecule has 1 atom stereocenters. The van der Waals surface area contributed by atoms with Gasteiger partial charge in [-0.05, 0) is 49.8 Å². The molecule has 0 aliphatic rings. The van der Waals surface area contributed by atoms with Crippen molar-refractivity contribution in [1.82, 2.24) is 20.0 Å². The molecule has 0 bridgehead atoms. The highest BCUT2D eigenvalue weighted by molar-refractivity contribution is 7.89. The van der Waals surface area contributed by atoms with E-state index in [2.05, 4.69) is 25.0 Å². The van der Waals surface area contributed by atoms with Gasteiger partial charge in [-0.15, -0.1) is 0 Å². The monoisotopic (exact) mass is 538 g/mol. The Balaban J connectivity index is 1.84. The number of hydrogen-bond donors (Lipinski definition) is 5. The molecule has 0 fully saturated rings. The van der Waals surface area contributed by atoms with Gasteiger partial charge in [-0.25, -0.2) is 23.1 Å². The number of nitrogens with two attached hydrogens (primary N) is 3. The number of nitrogens with zero attached hydrogens (tertiary/aromatic N) is 3. The number of carbonyl (C=O) groups is 2.